The van der Waals surface area contributed by atoms with Crippen LogP contribution in [0, 0.1) is 0 Å². The molecule has 0 saturated heterocycles. The summed E-state index contributed by atoms with van der Waals surface area (Å²) in [5.74, 6) is 1.54. The van der Waals surface area contributed by atoms with E-state index >= 15 is 0 Å². The highest BCUT2D eigenvalue weighted by molar-refractivity contribution is 5.52. The molecule has 6 heteroatoms. The predicted octanol–water partition coefficient (Wildman–Crippen LogP) is 0.0373. The number of rotatable bonds is 4. The number of nitrogens with zero attached hydrogens (tertiary/aromatic N) is 2. The maximum Gasteiger partial charge on any atom is 0.223 e. The highest BCUT2D eigenvalue weighted by Crippen LogP contribution is 2.38. The van der Waals surface area contributed by atoms with Crippen molar-refractivity contribution in [1.29, 1.82) is 0 Å². The standard InChI is InChI=1S/C9H15N5O/c1-11-6-4-7(13-8(10)12-6)14-9(5-15)2-3-9/h4,15H,2-3,5H2,1H3,(H4,10,11,12,13,14). The summed E-state index contributed by atoms with van der Waals surface area (Å²) in [5, 5.41) is 15.2. The Balaban J connectivity index is 2.17. The van der Waals surface area contributed by atoms with Crippen molar-refractivity contribution in [2.24, 2.45) is 0 Å². The fraction of sp³-hybridized carbons (Fsp3) is 0.556. The van der Waals surface area contributed by atoms with E-state index in [1.165, 1.54) is 0 Å². The van der Waals surface area contributed by atoms with Crippen molar-refractivity contribution < 1.29 is 5.11 Å². The molecule has 1 aromatic heterocycles. The Morgan fingerprint density at radius 2 is 2.13 bits per heavy atom. The maximum atomic E-state index is 9.16. The predicted molar refractivity (Wildman–Crippen MR) is 58.7 cm³/mol. The molecule has 0 bridgehead atoms. The quantitative estimate of drug-likeness (QED) is 0.559. The summed E-state index contributed by atoms with van der Waals surface area (Å²) in [6.45, 7) is 0.117. The number of aliphatic hydroxyl groups excluding tert-OH is 1. The van der Waals surface area contributed by atoms with Crippen molar-refractivity contribution in [2.45, 2.75) is 18.4 Å². The van der Waals surface area contributed by atoms with Crippen molar-refractivity contribution in [1.82, 2.24) is 9.97 Å². The Morgan fingerprint density at radius 3 is 2.67 bits per heavy atom. The maximum absolute atomic E-state index is 9.16. The highest BCUT2D eigenvalue weighted by Gasteiger charge is 2.42. The van der Waals surface area contributed by atoms with Gasteiger partial charge in [0.1, 0.15) is 11.6 Å². The molecule has 0 radical (unpaired) electrons. The van der Waals surface area contributed by atoms with Crippen LogP contribution < -0.4 is 16.4 Å². The van der Waals surface area contributed by atoms with E-state index in [-0.39, 0.29) is 18.1 Å². The molecule has 1 aliphatic rings. The molecule has 0 amide bonds. The van der Waals surface area contributed by atoms with Gasteiger partial charge < -0.3 is 21.5 Å². The average molecular weight is 209 g/mol. The molecule has 2 rings (SSSR count). The zero-order valence-electron chi connectivity index (χ0n) is 8.62. The largest absolute Gasteiger partial charge is 0.394 e. The molecule has 0 spiro atoms. The third kappa shape index (κ3) is 2.10. The van der Waals surface area contributed by atoms with E-state index < -0.39 is 0 Å². The second-order valence-corrected chi connectivity index (χ2v) is 3.81. The van der Waals surface area contributed by atoms with Gasteiger partial charge in [0, 0.05) is 13.1 Å². The number of aromatic nitrogens is 2. The molecule has 1 fully saturated rings. The van der Waals surface area contributed by atoms with E-state index in [4.69, 9.17) is 10.8 Å². The van der Waals surface area contributed by atoms with Crippen LogP contribution in [-0.2, 0) is 0 Å². The monoisotopic (exact) mass is 209 g/mol. The SMILES string of the molecule is CNc1cc(NC2(CO)CC2)nc(N)n1. The van der Waals surface area contributed by atoms with Crippen LogP contribution in [0.25, 0.3) is 0 Å². The first-order valence-corrected chi connectivity index (χ1v) is 4.89. The lowest BCUT2D eigenvalue weighted by Gasteiger charge is -2.15. The van der Waals surface area contributed by atoms with Crippen LogP contribution >= 0.6 is 0 Å². The molecule has 15 heavy (non-hydrogen) atoms. The summed E-state index contributed by atoms with van der Waals surface area (Å²) < 4.78 is 0. The zero-order valence-corrected chi connectivity index (χ0v) is 8.62. The first kappa shape index (κ1) is 9.97. The van der Waals surface area contributed by atoms with Gasteiger partial charge in [0.15, 0.2) is 0 Å². The van der Waals surface area contributed by atoms with Gasteiger partial charge in [-0.2, -0.15) is 9.97 Å². The van der Waals surface area contributed by atoms with Gasteiger partial charge in [0.05, 0.1) is 12.1 Å². The summed E-state index contributed by atoms with van der Waals surface area (Å²) in [7, 11) is 1.77. The molecule has 1 saturated carbocycles. The van der Waals surface area contributed by atoms with Crippen LogP contribution in [0.4, 0.5) is 17.6 Å². The van der Waals surface area contributed by atoms with Gasteiger partial charge in [0.2, 0.25) is 5.95 Å². The smallest absolute Gasteiger partial charge is 0.223 e. The van der Waals surface area contributed by atoms with Crippen LogP contribution in [-0.4, -0.2) is 34.3 Å². The van der Waals surface area contributed by atoms with E-state index in [1.807, 2.05) is 0 Å². The van der Waals surface area contributed by atoms with Crippen LogP contribution in [0.2, 0.25) is 0 Å². The van der Waals surface area contributed by atoms with E-state index in [0.29, 0.717) is 11.6 Å². The van der Waals surface area contributed by atoms with Gasteiger partial charge in [-0.3, -0.25) is 0 Å². The average Bonchev–Trinajstić information content (AvgIpc) is 2.97. The third-order valence-corrected chi connectivity index (χ3v) is 2.55. The molecule has 0 aromatic carbocycles. The van der Waals surface area contributed by atoms with E-state index in [2.05, 4.69) is 20.6 Å². The van der Waals surface area contributed by atoms with Crippen LogP contribution in [0.5, 0.6) is 0 Å². The molecule has 82 valence electrons. The van der Waals surface area contributed by atoms with Crippen LogP contribution in [0.15, 0.2) is 6.07 Å². The fourth-order valence-corrected chi connectivity index (χ4v) is 1.40. The van der Waals surface area contributed by atoms with Crippen molar-refractivity contribution in [2.75, 3.05) is 30.0 Å². The number of nitrogen functional groups attached to an aromatic ring is 1. The Kier molecular flexibility index (Phi) is 2.36. The Morgan fingerprint density at radius 1 is 1.47 bits per heavy atom. The lowest BCUT2D eigenvalue weighted by molar-refractivity contribution is 0.266. The summed E-state index contributed by atoms with van der Waals surface area (Å²) in [6.07, 6.45) is 1.92. The van der Waals surface area contributed by atoms with E-state index in [0.717, 1.165) is 12.8 Å². The summed E-state index contributed by atoms with van der Waals surface area (Å²) in [6, 6.07) is 1.77. The van der Waals surface area contributed by atoms with Gasteiger partial charge in [-0.05, 0) is 12.8 Å². The molecule has 5 N–H and O–H groups in total. The molecule has 6 nitrogen and oxygen atoms in total. The second-order valence-electron chi connectivity index (χ2n) is 3.81. The molecule has 0 atom stereocenters. The highest BCUT2D eigenvalue weighted by atomic mass is 16.3. The summed E-state index contributed by atoms with van der Waals surface area (Å²) in [4.78, 5) is 8.04. The first-order chi connectivity index (χ1) is 7.17. The molecule has 0 aliphatic heterocycles. The number of aliphatic hydroxyl groups is 1. The van der Waals surface area contributed by atoms with Crippen LogP contribution in [0.1, 0.15) is 12.8 Å². The van der Waals surface area contributed by atoms with E-state index in [1.54, 1.807) is 13.1 Å². The number of anilines is 3. The van der Waals surface area contributed by atoms with Gasteiger partial charge in [-0.15, -0.1) is 0 Å². The van der Waals surface area contributed by atoms with Crippen molar-refractivity contribution in [3.05, 3.63) is 6.07 Å². The lowest BCUT2D eigenvalue weighted by Crippen LogP contribution is -2.26. The van der Waals surface area contributed by atoms with E-state index in [9.17, 15) is 0 Å². The molecule has 0 unspecified atom stereocenters. The fourth-order valence-electron chi connectivity index (χ4n) is 1.40. The van der Waals surface area contributed by atoms with Crippen molar-refractivity contribution in [3.8, 4) is 0 Å². The minimum atomic E-state index is -0.189. The number of nitrogens with two attached hydrogens (primary N) is 1. The minimum absolute atomic E-state index is 0.117. The molecular formula is C9H15N5O. The topological polar surface area (TPSA) is 96.1 Å². The number of nitrogens with one attached hydrogen (secondary N) is 2. The Hall–Kier alpha value is -1.56. The van der Waals surface area contributed by atoms with Gasteiger partial charge in [-0.1, -0.05) is 0 Å². The zero-order chi connectivity index (χ0) is 10.9. The Bertz CT molecular complexity index is 364. The normalized spacial score (nSPS) is 17.2. The number of hydrogen-bond acceptors (Lipinski definition) is 6. The lowest BCUT2D eigenvalue weighted by atomic mass is 10.3. The third-order valence-electron chi connectivity index (χ3n) is 2.55. The van der Waals surface area contributed by atoms with Gasteiger partial charge in [-0.25, -0.2) is 0 Å². The van der Waals surface area contributed by atoms with Crippen molar-refractivity contribution >= 4 is 17.6 Å². The number of hydrogen-bond donors (Lipinski definition) is 4. The van der Waals surface area contributed by atoms with Gasteiger partial charge in [0.25, 0.3) is 0 Å². The molecular weight excluding hydrogens is 194 g/mol. The summed E-state index contributed by atoms with van der Waals surface area (Å²) >= 11 is 0. The van der Waals surface area contributed by atoms with Crippen LogP contribution in [0.3, 0.4) is 0 Å². The molecule has 1 aromatic rings. The summed E-state index contributed by atoms with van der Waals surface area (Å²) in [5.41, 5.74) is 5.36. The molecule has 1 heterocycles. The first-order valence-electron chi connectivity index (χ1n) is 4.89. The van der Waals surface area contributed by atoms with Gasteiger partial charge >= 0.3 is 0 Å². The second kappa shape index (κ2) is 3.54. The minimum Gasteiger partial charge on any atom is -0.394 e. The Labute approximate surface area is 87.9 Å². The van der Waals surface area contributed by atoms with Crippen molar-refractivity contribution in [3.63, 3.8) is 0 Å². The molecule has 1 aliphatic carbocycles.